The van der Waals surface area contributed by atoms with Crippen LogP contribution in [0.25, 0.3) is 0 Å². The normalized spacial score (nSPS) is 13.2. The minimum atomic E-state index is -6.82. The molecule has 0 aliphatic heterocycles. The van der Waals surface area contributed by atoms with Crippen molar-refractivity contribution in [3.8, 4) is 0 Å². The molecule has 0 aromatic heterocycles. The molecule has 0 spiro atoms. The second-order valence-electron chi connectivity index (χ2n) is 18.0. The van der Waals surface area contributed by atoms with Crippen molar-refractivity contribution in [2.75, 3.05) is 0 Å². The molecule has 0 N–H and O–H groups in total. The standard InChI is InChI=1S/2C20H26I.C3H2F6O3S.CHF3O3S/c2*1-19(2,3)15-7-11-17(12-8-15)21-18-13-9-16(10-14-18)20(4,5)6;4-1(5)2(6,7)3(8,9)13(10,11)12;2-1(3,4)8(5,6)7/h2*7-14H,1-6H3;1H,(H,10,11,12);(H,5,6,7)/q2*+1;;/p-2. The van der Waals surface area contributed by atoms with Crippen molar-refractivity contribution < 1.29 is 108 Å². The first-order valence-corrected chi connectivity index (χ1v) is 25.9. The Kier molecular flexibility index (Phi) is 20.3. The van der Waals surface area contributed by atoms with E-state index in [2.05, 4.69) is 180 Å². The van der Waals surface area contributed by atoms with Gasteiger partial charge in [0.15, 0.2) is 34.5 Å². The van der Waals surface area contributed by atoms with Crippen LogP contribution in [0.3, 0.4) is 0 Å². The van der Waals surface area contributed by atoms with Crippen molar-refractivity contribution in [1.82, 2.24) is 0 Å². The first-order chi connectivity index (χ1) is 28.0. The summed E-state index contributed by atoms with van der Waals surface area (Å²) in [6.45, 7) is 27.2. The van der Waals surface area contributed by atoms with Gasteiger partial charge in [0.25, 0.3) is 0 Å². The van der Waals surface area contributed by atoms with Crippen molar-refractivity contribution in [3.05, 3.63) is 134 Å². The Bertz CT molecular complexity index is 2030. The molecule has 0 unspecified atom stereocenters. The first-order valence-electron chi connectivity index (χ1n) is 18.7. The van der Waals surface area contributed by atoms with E-state index in [1.165, 1.54) is 36.5 Å². The van der Waals surface area contributed by atoms with Crippen molar-refractivity contribution >= 4 is 20.2 Å². The summed E-state index contributed by atoms with van der Waals surface area (Å²) >= 11 is -0.141. The molecule has 0 bridgehead atoms. The zero-order chi connectivity index (χ0) is 49.4. The van der Waals surface area contributed by atoms with Crippen molar-refractivity contribution in [1.29, 1.82) is 0 Å². The highest BCUT2D eigenvalue weighted by molar-refractivity contribution is 7.87. The summed E-state index contributed by atoms with van der Waals surface area (Å²) in [5.41, 5.74) is 0.980. The van der Waals surface area contributed by atoms with Gasteiger partial charge in [0.2, 0.25) is 0 Å². The monoisotopic (exact) mass is 1170 g/mol. The second kappa shape index (κ2) is 21.9. The van der Waals surface area contributed by atoms with Gasteiger partial charge < -0.3 is 9.11 Å². The second-order valence-corrected chi connectivity index (χ2v) is 26.9. The molecule has 0 heterocycles. The lowest BCUT2D eigenvalue weighted by Gasteiger charge is -2.27. The number of benzene rings is 4. The Hall–Kier alpha value is -2.47. The molecule has 4 rings (SSSR count). The van der Waals surface area contributed by atoms with Gasteiger partial charge in [-0.05, 0) is 92.4 Å². The molecule has 0 atom stereocenters. The van der Waals surface area contributed by atoms with Crippen molar-refractivity contribution in [2.45, 2.75) is 128 Å². The number of rotatable bonds is 7. The molecule has 6 nitrogen and oxygen atoms in total. The fraction of sp³-hybridized carbons (Fsp3) is 0.455. The molecule has 0 aliphatic rings. The van der Waals surface area contributed by atoms with E-state index >= 15 is 0 Å². The lowest BCUT2D eigenvalue weighted by atomic mass is 9.87. The van der Waals surface area contributed by atoms with Crippen molar-refractivity contribution in [3.63, 3.8) is 0 Å². The number of hydrogen-bond acceptors (Lipinski definition) is 6. The average molecular weight is 1170 g/mol. The van der Waals surface area contributed by atoms with Gasteiger partial charge in [0, 0.05) is 0 Å². The molecule has 19 heteroatoms. The summed E-state index contributed by atoms with van der Waals surface area (Å²) in [6.07, 6.45) is -4.94. The number of halogens is 11. The Morgan fingerprint density at radius 2 is 0.571 bits per heavy atom. The molecule has 0 amide bonds. The molecular weight excluding hydrogens is 1110 g/mol. The van der Waals surface area contributed by atoms with E-state index in [4.69, 9.17) is 13.0 Å². The van der Waals surface area contributed by atoms with E-state index in [0.29, 0.717) is 0 Å². The predicted octanol–water partition coefficient (Wildman–Crippen LogP) is 5.90. The fourth-order valence-corrected chi connectivity index (χ4v) is 9.33. The first kappa shape index (κ1) is 58.5. The summed E-state index contributed by atoms with van der Waals surface area (Å²) in [4.78, 5) is 0. The Morgan fingerprint density at radius 1 is 0.397 bits per heavy atom. The Balaban J connectivity index is 0.000000446. The summed E-state index contributed by atoms with van der Waals surface area (Å²) in [7, 11) is -12.9. The van der Waals surface area contributed by atoms with Crippen LogP contribution in [0.1, 0.15) is 105 Å². The van der Waals surface area contributed by atoms with Crippen LogP contribution in [0.4, 0.5) is 39.5 Å². The Labute approximate surface area is 386 Å². The highest BCUT2D eigenvalue weighted by Crippen LogP contribution is 2.42. The molecule has 4 aromatic rings. The lowest BCUT2D eigenvalue weighted by molar-refractivity contribution is -0.597. The van der Waals surface area contributed by atoms with E-state index < -0.39 is 43.3 Å². The van der Waals surface area contributed by atoms with Gasteiger partial charge in [-0.1, -0.05) is 132 Å². The van der Waals surface area contributed by atoms with Crippen LogP contribution >= 0.6 is 0 Å². The molecule has 354 valence electrons. The highest BCUT2D eigenvalue weighted by atomic mass is 127. The third-order valence-electron chi connectivity index (χ3n) is 8.54. The maximum absolute atomic E-state index is 11.8. The maximum atomic E-state index is 11.8. The van der Waals surface area contributed by atoms with Crippen LogP contribution in [0, 0.1) is 14.3 Å². The molecule has 0 saturated heterocycles. The summed E-state index contributed by atoms with van der Waals surface area (Å²) in [6, 6.07) is 36.8. The summed E-state index contributed by atoms with van der Waals surface area (Å²) < 4.78 is 163. The van der Waals surface area contributed by atoms with Crippen LogP contribution in [0.5, 0.6) is 0 Å². The largest absolute Gasteiger partial charge is 0.743 e. The quantitative estimate of drug-likeness (QED) is 0.0988. The average Bonchev–Trinajstić information content (AvgIpc) is 3.10. The van der Waals surface area contributed by atoms with Gasteiger partial charge in [-0.25, -0.2) is 25.6 Å². The molecule has 0 radical (unpaired) electrons. The highest BCUT2D eigenvalue weighted by Gasteiger charge is 2.67. The topological polar surface area (TPSA) is 114 Å². The van der Waals surface area contributed by atoms with Crippen LogP contribution in [0.2, 0.25) is 0 Å². The molecule has 0 saturated carbocycles. The van der Waals surface area contributed by atoms with Gasteiger partial charge in [-0.15, -0.1) is 0 Å². The van der Waals surface area contributed by atoms with Gasteiger partial charge in [-0.2, -0.15) is 30.7 Å². The van der Waals surface area contributed by atoms with E-state index in [-0.39, 0.29) is 64.1 Å². The van der Waals surface area contributed by atoms with Crippen LogP contribution in [-0.4, -0.2) is 49.1 Å². The van der Waals surface area contributed by atoms with Crippen molar-refractivity contribution in [2.24, 2.45) is 0 Å². The zero-order valence-electron chi connectivity index (χ0n) is 36.7. The minimum Gasteiger partial charge on any atom is -0.743 e. The molecule has 0 fully saturated rings. The smallest absolute Gasteiger partial charge is 0.485 e. The number of alkyl halides is 9. The molecule has 0 aliphatic carbocycles. The van der Waals surface area contributed by atoms with E-state index in [1.807, 2.05) is 0 Å². The maximum Gasteiger partial charge on any atom is 0.485 e. The van der Waals surface area contributed by atoms with Gasteiger partial charge in [0.1, 0.15) is 0 Å². The lowest BCUT2D eigenvalue weighted by Crippen LogP contribution is -3.61. The molecule has 4 aromatic carbocycles. The predicted molar refractivity (Wildman–Crippen MR) is 217 cm³/mol. The molecular formula is C44H53F9I2O6S2. The van der Waals surface area contributed by atoms with Crippen LogP contribution in [0.15, 0.2) is 97.1 Å². The minimum absolute atomic E-state index is 0.0703. The van der Waals surface area contributed by atoms with Gasteiger partial charge in [-0.3, -0.25) is 0 Å². The van der Waals surface area contributed by atoms with E-state index in [9.17, 15) is 52.5 Å². The van der Waals surface area contributed by atoms with Crippen LogP contribution in [-0.2, 0) is 41.9 Å². The zero-order valence-corrected chi connectivity index (χ0v) is 42.7. The molecule has 63 heavy (non-hydrogen) atoms. The van der Waals surface area contributed by atoms with Crippen LogP contribution < -0.4 is 42.4 Å². The number of hydrogen-bond donors (Lipinski definition) is 0. The summed E-state index contributed by atoms with van der Waals surface area (Å²) in [5.74, 6) is -6.19. The third-order valence-corrected chi connectivity index (χ3v) is 15.4. The summed E-state index contributed by atoms with van der Waals surface area (Å²) in [5, 5.41) is -6.31. The van der Waals surface area contributed by atoms with E-state index in [1.54, 1.807) is 0 Å². The third kappa shape index (κ3) is 18.7. The van der Waals surface area contributed by atoms with Gasteiger partial charge >= 0.3 is 65.5 Å². The fourth-order valence-electron chi connectivity index (χ4n) is 4.60. The van der Waals surface area contributed by atoms with E-state index in [0.717, 1.165) is 0 Å². The SMILES string of the molecule is CC(C)(C)c1ccc([I+]c2ccc(C(C)(C)C)cc2)cc1.CC(C)(C)c1ccc([I+]c2ccc(C(C)(C)C)cc2)cc1.O=S(=O)([O-])C(F)(F)C(F)(F)C(F)F.O=S(=O)([O-])C(F)(F)F. The van der Waals surface area contributed by atoms with Gasteiger partial charge in [0.05, 0.1) is 0 Å². The Morgan fingerprint density at radius 3 is 0.667 bits per heavy atom.